The Bertz CT molecular complexity index is 1150. The van der Waals surface area contributed by atoms with Gasteiger partial charge in [0, 0.05) is 39.4 Å². The maximum atomic E-state index is 13.1. The molecular weight excluding hydrogens is 436 g/mol. The van der Waals surface area contributed by atoms with Gasteiger partial charge in [-0.15, -0.1) is 0 Å². The van der Waals surface area contributed by atoms with Gasteiger partial charge in [0.15, 0.2) is 11.2 Å². The summed E-state index contributed by atoms with van der Waals surface area (Å²) in [4.78, 5) is 30.5. The van der Waals surface area contributed by atoms with Crippen molar-refractivity contribution in [3.63, 3.8) is 0 Å². The number of benzene rings is 1. The lowest BCUT2D eigenvalue weighted by Crippen LogP contribution is -2.41. The molecule has 0 atom stereocenters. The molecule has 0 spiro atoms. The van der Waals surface area contributed by atoms with E-state index in [4.69, 9.17) is 16.3 Å². The van der Waals surface area contributed by atoms with Gasteiger partial charge in [0.2, 0.25) is 0 Å². The van der Waals surface area contributed by atoms with Gasteiger partial charge in [0.1, 0.15) is 6.73 Å². The van der Waals surface area contributed by atoms with Crippen molar-refractivity contribution in [1.29, 1.82) is 0 Å². The van der Waals surface area contributed by atoms with Crippen LogP contribution in [-0.2, 0) is 24.6 Å². The number of hydrogen-bond acceptors (Lipinski definition) is 5. The van der Waals surface area contributed by atoms with E-state index >= 15 is 0 Å². The van der Waals surface area contributed by atoms with Gasteiger partial charge in [0.05, 0.1) is 6.33 Å². The lowest BCUT2D eigenvalue weighted by Gasteiger charge is -2.16. The summed E-state index contributed by atoms with van der Waals surface area (Å²) < 4.78 is 10.1. The highest BCUT2D eigenvalue weighted by Gasteiger charge is 2.19. The zero-order chi connectivity index (χ0) is 22.6. The first-order valence-electron chi connectivity index (χ1n) is 10.3. The summed E-state index contributed by atoms with van der Waals surface area (Å²) in [6.45, 7) is 7.78. The maximum absolute atomic E-state index is 13.1. The Balaban J connectivity index is 2.01. The third kappa shape index (κ3) is 5.73. The van der Waals surface area contributed by atoms with Crippen LogP contribution in [0.25, 0.3) is 11.2 Å². The zero-order valence-electron chi connectivity index (χ0n) is 18.2. The Hall–Kier alpha value is -2.20. The third-order valence-electron chi connectivity index (χ3n) is 5.01. The van der Waals surface area contributed by atoms with Crippen molar-refractivity contribution < 1.29 is 9.84 Å². The van der Waals surface area contributed by atoms with E-state index in [1.165, 1.54) is 4.57 Å². The standard InChI is InChI=1S/C21H29ClN4O4Si/c1-31(2,3)12-11-30-15-26-19-18(20(28)25(21(26)29)9-4-10-27)24(14-23-19)13-16-5-7-17(22)8-6-16/h5-8,14,27H,4,9-13,15H2,1-3H3. The van der Waals surface area contributed by atoms with E-state index < -0.39 is 19.3 Å². The number of rotatable bonds is 10. The molecule has 0 aliphatic heterocycles. The van der Waals surface area contributed by atoms with Gasteiger partial charge >= 0.3 is 5.69 Å². The predicted octanol–water partition coefficient (Wildman–Crippen LogP) is 2.76. The quantitative estimate of drug-likeness (QED) is 0.368. The van der Waals surface area contributed by atoms with Crippen molar-refractivity contribution in [3.8, 4) is 0 Å². The van der Waals surface area contributed by atoms with Crippen molar-refractivity contribution in [2.45, 2.75) is 51.9 Å². The summed E-state index contributed by atoms with van der Waals surface area (Å²) in [6, 6.07) is 8.32. The van der Waals surface area contributed by atoms with Crippen LogP contribution in [0.5, 0.6) is 0 Å². The number of aliphatic hydroxyl groups is 1. The van der Waals surface area contributed by atoms with E-state index in [1.807, 2.05) is 12.1 Å². The Morgan fingerprint density at radius 2 is 1.84 bits per heavy atom. The van der Waals surface area contributed by atoms with Crippen molar-refractivity contribution in [1.82, 2.24) is 18.7 Å². The first kappa shape index (κ1) is 23.5. The molecule has 0 saturated carbocycles. The first-order chi connectivity index (χ1) is 14.7. The summed E-state index contributed by atoms with van der Waals surface area (Å²) in [5.41, 5.74) is 0.696. The van der Waals surface area contributed by atoms with E-state index in [2.05, 4.69) is 24.6 Å². The number of imidazole rings is 1. The molecule has 1 N–H and O–H groups in total. The number of hydrogen-bond donors (Lipinski definition) is 1. The number of aliphatic hydroxyl groups excluding tert-OH is 1. The van der Waals surface area contributed by atoms with E-state index in [9.17, 15) is 14.7 Å². The molecule has 1 aromatic carbocycles. The largest absolute Gasteiger partial charge is 0.396 e. The topological polar surface area (TPSA) is 91.3 Å². The first-order valence-corrected chi connectivity index (χ1v) is 14.4. The molecule has 0 amide bonds. The smallest absolute Gasteiger partial charge is 0.334 e. The van der Waals surface area contributed by atoms with E-state index in [1.54, 1.807) is 23.0 Å². The molecule has 2 heterocycles. The number of ether oxygens (including phenoxy) is 1. The molecule has 2 aromatic heterocycles. The van der Waals surface area contributed by atoms with Crippen LogP contribution < -0.4 is 11.2 Å². The van der Waals surface area contributed by atoms with Crippen LogP contribution in [0.2, 0.25) is 30.7 Å². The molecule has 10 heteroatoms. The molecule has 8 nitrogen and oxygen atoms in total. The zero-order valence-corrected chi connectivity index (χ0v) is 19.9. The SMILES string of the molecule is C[Si](C)(C)CCOCn1c(=O)n(CCCO)c(=O)c2c1ncn2Cc1ccc(Cl)cc1. The van der Waals surface area contributed by atoms with Gasteiger partial charge in [-0.1, -0.05) is 43.4 Å². The molecule has 0 fully saturated rings. The van der Waals surface area contributed by atoms with Crippen LogP contribution in [0.1, 0.15) is 12.0 Å². The van der Waals surface area contributed by atoms with Crippen LogP contribution in [0, 0.1) is 0 Å². The van der Waals surface area contributed by atoms with Crippen LogP contribution in [-0.4, -0.2) is 45.1 Å². The highest BCUT2D eigenvalue weighted by Crippen LogP contribution is 2.14. The molecule has 0 unspecified atom stereocenters. The highest BCUT2D eigenvalue weighted by atomic mass is 35.5. The van der Waals surface area contributed by atoms with Gasteiger partial charge < -0.3 is 14.4 Å². The lowest BCUT2D eigenvalue weighted by atomic mass is 10.2. The summed E-state index contributed by atoms with van der Waals surface area (Å²) in [6.07, 6.45) is 1.87. The second kappa shape index (κ2) is 9.95. The summed E-state index contributed by atoms with van der Waals surface area (Å²) in [5.74, 6) is 0. The second-order valence-corrected chi connectivity index (χ2v) is 14.8. The van der Waals surface area contributed by atoms with Gasteiger partial charge in [-0.2, -0.15) is 0 Å². The molecule has 0 saturated heterocycles. The average molecular weight is 465 g/mol. The van der Waals surface area contributed by atoms with Crippen LogP contribution in [0.15, 0.2) is 40.2 Å². The third-order valence-corrected chi connectivity index (χ3v) is 6.96. The van der Waals surface area contributed by atoms with Crippen LogP contribution in [0.4, 0.5) is 0 Å². The summed E-state index contributed by atoms with van der Waals surface area (Å²) >= 11 is 5.97. The molecule has 0 aliphatic rings. The van der Waals surface area contributed by atoms with Gasteiger partial charge in [0.25, 0.3) is 5.56 Å². The summed E-state index contributed by atoms with van der Waals surface area (Å²) in [5, 5.41) is 9.83. The average Bonchev–Trinajstić information content (AvgIpc) is 3.12. The van der Waals surface area contributed by atoms with Crippen LogP contribution in [0.3, 0.4) is 0 Å². The van der Waals surface area contributed by atoms with Crippen molar-refractivity contribution in [3.05, 3.63) is 62.0 Å². The molecule has 31 heavy (non-hydrogen) atoms. The second-order valence-electron chi connectivity index (χ2n) is 8.76. The monoisotopic (exact) mass is 464 g/mol. The minimum Gasteiger partial charge on any atom is -0.396 e. The Morgan fingerprint density at radius 3 is 2.48 bits per heavy atom. The minimum absolute atomic E-state index is 0.0250. The van der Waals surface area contributed by atoms with Gasteiger partial charge in [-0.05, 0) is 30.2 Å². The number of aromatic nitrogens is 4. The molecule has 0 radical (unpaired) electrons. The van der Waals surface area contributed by atoms with Gasteiger partial charge in [-0.3, -0.25) is 13.9 Å². The molecule has 0 bridgehead atoms. The Labute approximate surface area is 186 Å². The van der Waals surface area contributed by atoms with E-state index in [-0.39, 0.29) is 19.9 Å². The van der Waals surface area contributed by atoms with Crippen LogP contribution >= 0.6 is 11.6 Å². The Morgan fingerprint density at radius 1 is 1.13 bits per heavy atom. The number of nitrogens with zero attached hydrogens (tertiary/aromatic N) is 4. The lowest BCUT2D eigenvalue weighted by molar-refractivity contribution is 0.0853. The van der Waals surface area contributed by atoms with Crippen molar-refractivity contribution in [2.24, 2.45) is 0 Å². The normalized spacial score (nSPS) is 12.0. The molecule has 3 rings (SSSR count). The van der Waals surface area contributed by atoms with Gasteiger partial charge in [-0.25, -0.2) is 9.78 Å². The fourth-order valence-corrected chi connectivity index (χ4v) is 4.10. The van der Waals surface area contributed by atoms with E-state index in [0.717, 1.165) is 16.2 Å². The molecule has 3 aromatic rings. The number of fused-ring (bicyclic) bond motifs is 1. The summed E-state index contributed by atoms with van der Waals surface area (Å²) in [7, 11) is -1.27. The fraction of sp³-hybridized carbons (Fsp3) is 0.476. The van der Waals surface area contributed by atoms with Crippen molar-refractivity contribution >= 4 is 30.8 Å². The van der Waals surface area contributed by atoms with Crippen molar-refractivity contribution in [2.75, 3.05) is 13.2 Å². The highest BCUT2D eigenvalue weighted by molar-refractivity contribution is 6.76. The molecule has 168 valence electrons. The minimum atomic E-state index is -1.27. The number of halogens is 1. The fourth-order valence-electron chi connectivity index (χ4n) is 3.22. The maximum Gasteiger partial charge on any atom is 0.334 e. The predicted molar refractivity (Wildman–Crippen MR) is 125 cm³/mol. The Kier molecular flexibility index (Phi) is 7.53. The molecule has 0 aliphatic carbocycles. The molecular formula is C21H29ClN4O4Si. The van der Waals surface area contributed by atoms with E-state index in [0.29, 0.717) is 35.8 Å².